The van der Waals surface area contributed by atoms with Crippen LogP contribution in [0.2, 0.25) is 0 Å². The highest BCUT2D eigenvalue weighted by Gasteiger charge is 2.17. The summed E-state index contributed by atoms with van der Waals surface area (Å²) in [6.45, 7) is 6.61. The van der Waals surface area contributed by atoms with E-state index in [2.05, 4.69) is 18.8 Å². The number of benzene rings is 2. The monoisotopic (exact) mass is 490 g/mol. The molecule has 0 saturated carbocycles. The number of rotatable bonds is 9. The number of carbonyl (C=O) groups is 1. The Morgan fingerprint density at radius 3 is 2.49 bits per heavy atom. The zero-order valence-corrected chi connectivity index (χ0v) is 20.7. The average Bonchev–Trinajstić information content (AvgIpc) is 3.24. The fourth-order valence-electron chi connectivity index (χ4n) is 3.88. The maximum absolute atomic E-state index is 13.2. The van der Waals surface area contributed by atoms with Crippen molar-refractivity contribution in [3.63, 3.8) is 0 Å². The Morgan fingerprint density at radius 2 is 1.83 bits per heavy atom. The van der Waals surface area contributed by atoms with Gasteiger partial charge in [0.15, 0.2) is 0 Å². The lowest BCUT2D eigenvalue weighted by Gasteiger charge is -2.14. The molecule has 0 amide bonds. The number of thiazole rings is 1. The zero-order valence-electron chi connectivity index (χ0n) is 19.9. The second-order valence-electron chi connectivity index (χ2n) is 8.59. The predicted octanol–water partition coefficient (Wildman–Crippen LogP) is 6.83. The Labute approximate surface area is 208 Å². The van der Waals surface area contributed by atoms with E-state index in [-0.39, 0.29) is 18.2 Å². The highest BCUT2D eigenvalue weighted by molar-refractivity contribution is 7.15. The normalized spacial score (nSPS) is 11.9. The Kier molecular flexibility index (Phi) is 7.56. The van der Waals surface area contributed by atoms with E-state index in [0.29, 0.717) is 13.0 Å². The van der Waals surface area contributed by atoms with Crippen molar-refractivity contribution in [3.8, 4) is 27.6 Å². The molecule has 4 rings (SSSR count). The van der Waals surface area contributed by atoms with Gasteiger partial charge in [0, 0.05) is 34.5 Å². The van der Waals surface area contributed by atoms with Gasteiger partial charge in [-0.1, -0.05) is 13.0 Å². The SMILES string of the molecule is Cc1cc(OCC(C)c2nc(-c3ccc(-c4ccc(F)cc4)nc3)sc2C)ccc1CCC(=O)O. The van der Waals surface area contributed by atoms with Crippen molar-refractivity contribution in [2.75, 3.05) is 6.61 Å². The van der Waals surface area contributed by atoms with Crippen LogP contribution < -0.4 is 4.74 Å². The summed E-state index contributed by atoms with van der Waals surface area (Å²) < 4.78 is 19.2. The number of halogens is 1. The number of carboxylic acids is 1. The van der Waals surface area contributed by atoms with Crippen LogP contribution in [0, 0.1) is 19.7 Å². The summed E-state index contributed by atoms with van der Waals surface area (Å²) in [6, 6.07) is 16.0. The summed E-state index contributed by atoms with van der Waals surface area (Å²) in [7, 11) is 0. The van der Waals surface area contributed by atoms with E-state index in [1.54, 1.807) is 29.7 Å². The number of hydrogen-bond donors (Lipinski definition) is 1. The molecule has 0 aliphatic carbocycles. The first-order valence-corrected chi connectivity index (χ1v) is 12.3. The number of pyridine rings is 1. The quantitative estimate of drug-likeness (QED) is 0.278. The van der Waals surface area contributed by atoms with Crippen LogP contribution >= 0.6 is 11.3 Å². The fraction of sp³-hybridized carbons (Fsp3) is 0.250. The topological polar surface area (TPSA) is 72.3 Å². The Bertz CT molecular complexity index is 1320. The molecule has 1 unspecified atom stereocenters. The van der Waals surface area contributed by atoms with Gasteiger partial charge in [-0.25, -0.2) is 9.37 Å². The minimum Gasteiger partial charge on any atom is -0.493 e. The van der Waals surface area contributed by atoms with Gasteiger partial charge in [-0.15, -0.1) is 11.3 Å². The molecule has 0 fully saturated rings. The van der Waals surface area contributed by atoms with Gasteiger partial charge in [-0.2, -0.15) is 0 Å². The standard InChI is InChI=1S/C28H27FN2O3S/c1-17-14-24(11-6-20(17)8-13-26(32)33)34-16-18(2)27-19(3)35-28(31-27)22-7-12-25(30-15-22)21-4-9-23(29)10-5-21/h4-7,9-12,14-15,18H,8,13,16H2,1-3H3,(H,32,33). The van der Waals surface area contributed by atoms with Gasteiger partial charge < -0.3 is 9.84 Å². The first kappa shape index (κ1) is 24.5. The van der Waals surface area contributed by atoms with Gasteiger partial charge in [0.2, 0.25) is 0 Å². The summed E-state index contributed by atoms with van der Waals surface area (Å²) >= 11 is 1.63. The second kappa shape index (κ2) is 10.8. The number of hydrogen-bond acceptors (Lipinski definition) is 5. The molecule has 35 heavy (non-hydrogen) atoms. The van der Waals surface area contributed by atoms with Crippen molar-refractivity contribution in [1.82, 2.24) is 9.97 Å². The van der Waals surface area contributed by atoms with Gasteiger partial charge in [0.05, 0.1) is 18.0 Å². The predicted molar refractivity (Wildman–Crippen MR) is 137 cm³/mol. The molecule has 7 heteroatoms. The van der Waals surface area contributed by atoms with Gasteiger partial charge in [0.25, 0.3) is 0 Å². The smallest absolute Gasteiger partial charge is 0.303 e. The molecular formula is C28H27FN2O3S. The molecule has 0 aliphatic rings. The molecule has 1 N–H and O–H groups in total. The minimum absolute atomic E-state index is 0.0958. The number of carboxylic acid groups (broad SMARTS) is 1. The number of aromatic nitrogens is 2. The van der Waals surface area contributed by atoms with Gasteiger partial charge >= 0.3 is 5.97 Å². The molecule has 2 heterocycles. The average molecular weight is 491 g/mol. The van der Waals surface area contributed by atoms with Crippen molar-refractivity contribution in [3.05, 3.63) is 88.3 Å². The van der Waals surface area contributed by atoms with E-state index in [1.807, 2.05) is 37.3 Å². The molecule has 5 nitrogen and oxygen atoms in total. The molecule has 180 valence electrons. The first-order chi connectivity index (χ1) is 16.8. The lowest BCUT2D eigenvalue weighted by molar-refractivity contribution is -0.136. The molecule has 0 bridgehead atoms. The minimum atomic E-state index is -0.795. The molecule has 0 aliphatic heterocycles. The van der Waals surface area contributed by atoms with Crippen LogP contribution in [0.15, 0.2) is 60.8 Å². The highest BCUT2D eigenvalue weighted by atomic mass is 32.1. The third-order valence-electron chi connectivity index (χ3n) is 5.87. The number of ether oxygens (including phenoxy) is 1. The largest absolute Gasteiger partial charge is 0.493 e. The molecule has 2 aromatic heterocycles. The number of nitrogens with zero attached hydrogens (tertiary/aromatic N) is 2. The summed E-state index contributed by atoms with van der Waals surface area (Å²) in [5, 5.41) is 9.80. The molecule has 4 aromatic rings. The van der Waals surface area contributed by atoms with E-state index in [4.69, 9.17) is 14.8 Å². The summed E-state index contributed by atoms with van der Waals surface area (Å²) in [5.74, 6) is -0.200. The van der Waals surface area contributed by atoms with Crippen LogP contribution in [0.1, 0.15) is 41.0 Å². The number of aryl methyl sites for hydroxylation is 3. The second-order valence-corrected chi connectivity index (χ2v) is 9.80. The van der Waals surface area contributed by atoms with E-state index < -0.39 is 5.97 Å². The maximum atomic E-state index is 13.2. The third kappa shape index (κ3) is 6.11. The summed E-state index contributed by atoms with van der Waals surface area (Å²) in [6.07, 6.45) is 2.43. The van der Waals surface area contributed by atoms with Crippen LogP contribution in [0.5, 0.6) is 5.75 Å². The Balaban J connectivity index is 1.41. The van der Waals surface area contributed by atoms with Crippen LogP contribution in [0.25, 0.3) is 21.8 Å². The van der Waals surface area contributed by atoms with Crippen LogP contribution in [-0.2, 0) is 11.2 Å². The van der Waals surface area contributed by atoms with Gasteiger partial charge in [-0.3, -0.25) is 9.78 Å². The van der Waals surface area contributed by atoms with Gasteiger partial charge in [0.1, 0.15) is 16.6 Å². The van der Waals surface area contributed by atoms with Crippen LogP contribution in [-0.4, -0.2) is 27.7 Å². The van der Waals surface area contributed by atoms with Crippen molar-refractivity contribution < 1.29 is 19.0 Å². The molecule has 0 radical (unpaired) electrons. The summed E-state index contributed by atoms with van der Waals surface area (Å²) in [5.41, 5.74) is 5.64. The molecule has 0 saturated heterocycles. The van der Waals surface area contributed by atoms with E-state index in [9.17, 15) is 9.18 Å². The van der Waals surface area contributed by atoms with Gasteiger partial charge in [-0.05, 0) is 79.9 Å². The third-order valence-corrected chi connectivity index (χ3v) is 6.91. The van der Waals surface area contributed by atoms with Crippen molar-refractivity contribution in [2.45, 2.75) is 39.5 Å². The van der Waals surface area contributed by atoms with Crippen molar-refractivity contribution >= 4 is 17.3 Å². The van der Waals surface area contributed by atoms with E-state index in [0.717, 1.165) is 49.3 Å². The molecule has 0 spiro atoms. The fourth-order valence-corrected chi connectivity index (χ4v) is 4.91. The van der Waals surface area contributed by atoms with Crippen LogP contribution in [0.3, 0.4) is 0 Å². The van der Waals surface area contributed by atoms with Crippen LogP contribution in [0.4, 0.5) is 4.39 Å². The van der Waals surface area contributed by atoms with Crippen molar-refractivity contribution in [2.24, 2.45) is 0 Å². The Hall–Kier alpha value is -3.58. The van der Waals surface area contributed by atoms with E-state index in [1.165, 1.54) is 12.1 Å². The molecule has 2 aromatic carbocycles. The van der Waals surface area contributed by atoms with Crippen molar-refractivity contribution in [1.29, 1.82) is 0 Å². The lowest BCUT2D eigenvalue weighted by atomic mass is 10.0. The highest BCUT2D eigenvalue weighted by Crippen LogP contribution is 2.32. The Morgan fingerprint density at radius 1 is 1.09 bits per heavy atom. The summed E-state index contributed by atoms with van der Waals surface area (Å²) in [4.78, 5) is 21.4. The lowest BCUT2D eigenvalue weighted by Crippen LogP contribution is -2.09. The first-order valence-electron chi connectivity index (χ1n) is 11.4. The maximum Gasteiger partial charge on any atom is 0.303 e. The molecular weight excluding hydrogens is 463 g/mol. The zero-order chi connectivity index (χ0) is 24.9. The molecule has 1 atom stereocenters. The number of aliphatic carboxylic acids is 1. The van der Waals surface area contributed by atoms with E-state index >= 15 is 0 Å².